The Hall–Kier alpha value is -1.67. The molecule has 1 aliphatic carbocycles. The maximum atomic E-state index is 10.0. The van der Waals surface area contributed by atoms with Gasteiger partial charge in [-0.15, -0.1) is 0 Å². The van der Waals surface area contributed by atoms with E-state index in [9.17, 15) is 5.11 Å². The normalized spacial score (nSPS) is 28.9. The Morgan fingerprint density at radius 2 is 1.70 bits per heavy atom. The Morgan fingerprint density at radius 3 is 2.25 bits per heavy atom. The molecule has 1 aromatic carbocycles. The number of aliphatic hydroxyl groups excluding tert-OH is 1. The lowest BCUT2D eigenvalue weighted by molar-refractivity contribution is -0.0777. The zero-order chi connectivity index (χ0) is 14.2. The molecule has 1 fully saturated rings. The van der Waals surface area contributed by atoms with Gasteiger partial charge in [-0.2, -0.15) is 0 Å². The Kier molecular flexibility index (Phi) is 3.35. The molecular weight excluding hydrogens is 246 g/mol. The topological polar surface area (TPSA) is 33.1 Å². The van der Waals surface area contributed by atoms with Crippen molar-refractivity contribution in [1.29, 1.82) is 0 Å². The average Bonchev–Trinajstić information content (AvgIpc) is 2.52. The second-order valence-corrected chi connectivity index (χ2v) is 6.02. The average molecular weight is 267 g/mol. The molecule has 0 bridgehead atoms. The fourth-order valence-corrected chi connectivity index (χ4v) is 3.28. The van der Waals surface area contributed by atoms with Crippen molar-refractivity contribution in [2.24, 2.45) is 5.41 Å². The highest BCUT2D eigenvalue weighted by Gasteiger charge is 2.49. The molecule has 1 saturated carbocycles. The molecule has 1 heterocycles. The zero-order valence-corrected chi connectivity index (χ0v) is 12.1. The van der Waals surface area contributed by atoms with Gasteiger partial charge < -0.3 is 5.11 Å². The van der Waals surface area contributed by atoms with Crippen molar-refractivity contribution in [3.05, 3.63) is 54.4 Å². The van der Waals surface area contributed by atoms with Crippen LogP contribution in [-0.4, -0.2) is 16.2 Å². The number of rotatable bonds is 3. The Balaban J connectivity index is 1.84. The summed E-state index contributed by atoms with van der Waals surface area (Å²) < 4.78 is 0. The highest BCUT2D eigenvalue weighted by atomic mass is 16.3. The van der Waals surface area contributed by atoms with Crippen molar-refractivity contribution in [3.63, 3.8) is 0 Å². The van der Waals surface area contributed by atoms with Crippen LogP contribution in [0, 0.1) is 5.41 Å². The molecule has 2 nitrogen and oxygen atoms in total. The second kappa shape index (κ2) is 5.02. The van der Waals surface area contributed by atoms with Gasteiger partial charge in [-0.05, 0) is 47.6 Å². The molecule has 3 atom stereocenters. The molecule has 20 heavy (non-hydrogen) atoms. The van der Waals surface area contributed by atoms with Crippen LogP contribution in [0.15, 0.2) is 48.8 Å². The molecule has 0 radical (unpaired) electrons. The van der Waals surface area contributed by atoms with Crippen LogP contribution < -0.4 is 0 Å². The van der Waals surface area contributed by atoms with Crippen molar-refractivity contribution in [1.82, 2.24) is 4.98 Å². The van der Waals surface area contributed by atoms with E-state index in [-0.39, 0.29) is 11.5 Å². The standard InChI is InChI=1S/C18H21NO/c1-3-18(2)16(12-17(18)20)15-6-4-13(5-7-15)14-8-10-19-11-9-14/h4-11,16-17,20H,3,12H2,1-2H3. The van der Waals surface area contributed by atoms with E-state index in [1.807, 2.05) is 24.5 Å². The van der Waals surface area contributed by atoms with Crippen LogP contribution in [0.4, 0.5) is 0 Å². The smallest absolute Gasteiger partial charge is 0.0605 e. The number of hydrogen-bond donors (Lipinski definition) is 1. The maximum Gasteiger partial charge on any atom is 0.0605 e. The van der Waals surface area contributed by atoms with Crippen LogP contribution in [0.3, 0.4) is 0 Å². The number of aliphatic hydroxyl groups is 1. The lowest BCUT2D eigenvalue weighted by atomic mass is 9.55. The highest BCUT2D eigenvalue weighted by Crippen LogP contribution is 2.54. The van der Waals surface area contributed by atoms with Gasteiger partial charge >= 0.3 is 0 Å². The van der Waals surface area contributed by atoms with Gasteiger partial charge in [0.05, 0.1) is 6.10 Å². The summed E-state index contributed by atoms with van der Waals surface area (Å²) in [5.41, 5.74) is 3.79. The van der Waals surface area contributed by atoms with Gasteiger partial charge in [-0.3, -0.25) is 4.98 Å². The predicted molar refractivity (Wildman–Crippen MR) is 81.4 cm³/mol. The Morgan fingerprint density at radius 1 is 1.10 bits per heavy atom. The summed E-state index contributed by atoms with van der Waals surface area (Å²) in [6, 6.07) is 12.8. The van der Waals surface area contributed by atoms with Crippen molar-refractivity contribution in [2.75, 3.05) is 0 Å². The lowest BCUT2D eigenvalue weighted by Gasteiger charge is -2.51. The monoisotopic (exact) mass is 267 g/mol. The van der Waals surface area contributed by atoms with Crippen LogP contribution in [0.25, 0.3) is 11.1 Å². The second-order valence-electron chi connectivity index (χ2n) is 6.02. The van der Waals surface area contributed by atoms with Crippen LogP contribution in [-0.2, 0) is 0 Å². The van der Waals surface area contributed by atoms with E-state index in [2.05, 4.69) is 43.1 Å². The van der Waals surface area contributed by atoms with Crippen molar-refractivity contribution in [2.45, 2.75) is 38.7 Å². The molecule has 2 aromatic rings. The number of hydrogen-bond acceptors (Lipinski definition) is 2. The van der Waals surface area contributed by atoms with Gasteiger partial charge in [0.25, 0.3) is 0 Å². The first-order valence-electron chi connectivity index (χ1n) is 7.33. The van der Waals surface area contributed by atoms with Crippen molar-refractivity contribution >= 4 is 0 Å². The minimum Gasteiger partial charge on any atom is -0.393 e. The molecule has 0 amide bonds. The molecule has 1 aliphatic rings. The molecule has 104 valence electrons. The summed E-state index contributed by atoms with van der Waals surface area (Å²) in [5, 5.41) is 10.0. The van der Waals surface area contributed by atoms with Crippen LogP contribution in [0.1, 0.15) is 38.2 Å². The van der Waals surface area contributed by atoms with Crippen LogP contribution in [0.5, 0.6) is 0 Å². The fraction of sp³-hybridized carbons (Fsp3) is 0.389. The van der Waals surface area contributed by atoms with Gasteiger partial charge in [-0.25, -0.2) is 0 Å². The molecular formula is C18H21NO. The van der Waals surface area contributed by atoms with Crippen molar-refractivity contribution in [3.8, 4) is 11.1 Å². The van der Waals surface area contributed by atoms with Gasteiger partial charge in [0.1, 0.15) is 0 Å². The van der Waals surface area contributed by atoms with E-state index in [1.54, 1.807) is 0 Å². The van der Waals surface area contributed by atoms with E-state index in [1.165, 1.54) is 16.7 Å². The summed E-state index contributed by atoms with van der Waals surface area (Å²) in [5.74, 6) is 0.481. The molecule has 2 heteroatoms. The quantitative estimate of drug-likeness (QED) is 0.911. The van der Waals surface area contributed by atoms with E-state index in [0.717, 1.165) is 12.8 Å². The van der Waals surface area contributed by atoms with E-state index < -0.39 is 0 Å². The van der Waals surface area contributed by atoms with Crippen LogP contribution >= 0.6 is 0 Å². The van der Waals surface area contributed by atoms with Crippen molar-refractivity contribution < 1.29 is 5.11 Å². The van der Waals surface area contributed by atoms with Gasteiger partial charge in [0, 0.05) is 17.8 Å². The highest BCUT2D eigenvalue weighted by molar-refractivity contribution is 5.63. The minimum absolute atomic E-state index is 0.0399. The summed E-state index contributed by atoms with van der Waals surface area (Å²) in [4.78, 5) is 4.05. The lowest BCUT2D eigenvalue weighted by Crippen LogP contribution is -2.49. The summed E-state index contributed by atoms with van der Waals surface area (Å²) in [7, 11) is 0. The minimum atomic E-state index is -0.155. The number of benzene rings is 1. The molecule has 1 aromatic heterocycles. The molecule has 0 aliphatic heterocycles. The Bertz CT molecular complexity index is 578. The van der Waals surface area contributed by atoms with E-state index >= 15 is 0 Å². The van der Waals surface area contributed by atoms with Gasteiger partial charge in [0.2, 0.25) is 0 Å². The van der Waals surface area contributed by atoms with Gasteiger partial charge in [-0.1, -0.05) is 38.1 Å². The number of nitrogens with zero attached hydrogens (tertiary/aromatic N) is 1. The summed E-state index contributed by atoms with van der Waals surface area (Å²) >= 11 is 0. The SMILES string of the molecule is CCC1(C)C(O)CC1c1ccc(-c2ccncc2)cc1. The first-order chi connectivity index (χ1) is 9.65. The van der Waals surface area contributed by atoms with Crippen LogP contribution in [0.2, 0.25) is 0 Å². The first-order valence-corrected chi connectivity index (χ1v) is 7.33. The summed E-state index contributed by atoms with van der Waals surface area (Å²) in [6.07, 6.45) is 5.39. The first kappa shape index (κ1) is 13.3. The third-order valence-corrected chi connectivity index (χ3v) is 5.10. The molecule has 0 saturated heterocycles. The number of aromatic nitrogens is 1. The van der Waals surface area contributed by atoms with E-state index in [0.29, 0.717) is 5.92 Å². The maximum absolute atomic E-state index is 10.0. The molecule has 1 N–H and O–H groups in total. The largest absolute Gasteiger partial charge is 0.393 e. The van der Waals surface area contributed by atoms with E-state index in [4.69, 9.17) is 0 Å². The Labute approximate surface area is 120 Å². The molecule has 0 spiro atoms. The predicted octanol–water partition coefficient (Wildman–Crippen LogP) is 4.01. The zero-order valence-electron chi connectivity index (χ0n) is 12.1. The third kappa shape index (κ3) is 2.04. The molecule has 3 rings (SSSR count). The molecule has 3 unspecified atom stereocenters. The summed E-state index contributed by atoms with van der Waals surface area (Å²) in [6.45, 7) is 4.36. The van der Waals surface area contributed by atoms with Gasteiger partial charge in [0.15, 0.2) is 0 Å². The number of pyridine rings is 1. The third-order valence-electron chi connectivity index (χ3n) is 5.10. The fourth-order valence-electron chi connectivity index (χ4n) is 3.28.